The monoisotopic (exact) mass is 225 g/mol. The zero-order valence-electron chi connectivity index (χ0n) is 10.0. The Morgan fingerprint density at radius 3 is 2.81 bits per heavy atom. The topological polar surface area (TPSA) is 32.7 Å². The van der Waals surface area contributed by atoms with Crippen molar-refractivity contribution in [2.75, 3.05) is 19.8 Å². The SMILES string of the molecule is OCC1CCCN1C1CCOC2(CCC2)C1. The highest BCUT2D eigenvalue weighted by molar-refractivity contribution is 4.98. The molecular weight excluding hydrogens is 202 g/mol. The largest absolute Gasteiger partial charge is 0.395 e. The Balaban J connectivity index is 1.65. The Morgan fingerprint density at radius 1 is 1.25 bits per heavy atom. The zero-order valence-corrected chi connectivity index (χ0v) is 10.0. The molecule has 3 heteroatoms. The molecular formula is C13H23NO2. The highest BCUT2D eigenvalue weighted by atomic mass is 16.5. The first-order chi connectivity index (χ1) is 7.83. The van der Waals surface area contributed by atoms with Gasteiger partial charge in [0.25, 0.3) is 0 Å². The van der Waals surface area contributed by atoms with Gasteiger partial charge in [-0.3, -0.25) is 4.90 Å². The molecule has 1 saturated carbocycles. The van der Waals surface area contributed by atoms with Crippen molar-refractivity contribution in [2.45, 2.75) is 62.6 Å². The summed E-state index contributed by atoms with van der Waals surface area (Å²) in [6, 6.07) is 1.11. The molecule has 2 unspecified atom stereocenters. The summed E-state index contributed by atoms with van der Waals surface area (Å²) in [5, 5.41) is 9.40. The van der Waals surface area contributed by atoms with E-state index < -0.39 is 0 Å². The molecule has 3 rings (SSSR count). The molecule has 2 heterocycles. The normalized spacial score (nSPS) is 38.8. The van der Waals surface area contributed by atoms with Crippen LogP contribution >= 0.6 is 0 Å². The zero-order chi connectivity index (χ0) is 11.0. The fourth-order valence-corrected chi connectivity index (χ4v) is 3.74. The van der Waals surface area contributed by atoms with E-state index in [2.05, 4.69) is 4.90 Å². The minimum Gasteiger partial charge on any atom is -0.395 e. The quantitative estimate of drug-likeness (QED) is 0.774. The fraction of sp³-hybridized carbons (Fsp3) is 1.00. The van der Waals surface area contributed by atoms with Crippen LogP contribution in [0.2, 0.25) is 0 Å². The van der Waals surface area contributed by atoms with Crippen LogP contribution in [0.25, 0.3) is 0 Å². The van der Waals surface area contributed by atoms with Crippen molar-refractivity contribution in [1.29, 1.82) is 0 Å². The number of rotatable bonds is 2. The van der Waals surface area contributed by atoms with Crippen molar-refractivity contribution in [3.8, 4) is 0 Å². The lowest BCUT2D eigenvalue weighted by Gasteiger charge is -2.49. The average molecular weight is 225 g/mol. The van der Waals surface area contributed by atoms with E-state index in [4.69, 9.17) is 4.74 Å². The summed E-state index contributed by atoms with van der Waals surface area (Å²) in [7, 11) is 0. The van der Waals surface area contributed by atoms with Crippen LogP contribution in [-0.4, -0.2) is 47.4 Å². The van der Waals surface area contributed by atoms with E-state index in [0.29, 0.717) is 18.7 Å². The van der Waals surface area contributed by atoms with E-state index in [0.717, 1.165) is 13.0 Å². The van der Waals surface area contributed by atoms with Crippen molar-refractivity contribution in [3.63, 3.8) is 0 Å². The number of aliphatic hydroxyl groups is 1. The molecule has 1 spiro atoms. The van der Waals surface area contributed by atoms with Gasteiger partial charge in [-0.2, -0.15) is 0 Å². The lowest BCUT2D eigenvalue weighted by molar-refractivity contribution is -0.150. The first-order valence-electron chi connectivity index (χ1n) is 6.84. The van der Waals surface area contributed by atoms with Crippen LogP contribution in [0.15, 0.2) is 0 Å². The lowest BCUT2D eigenvalue weighted by Crippen LogP contribution is -2.53. The Bertz CT molecular complexity index is 252. The number of likely N-dealkylation sites (tertiary alicyclic amines) is 1. The van der Waals surface area contributed by atoms with Gasteiger partial charge in [-0.15, -0.1) is 0 Å². The maximum atomic E-state index is 9.40. The third-order valence-electron chi connectivity index (χ3n) is 4.83. The smallest absolute Gasteiger partial charge is 0.0697 e. The van der Waals surface area contributed by atoms with Gasteiger partial charge in [-0.05, 0) is 51.5 Å². The van der Waals surface area contributed by atoms with Crippen molar-refractivity contribution < 1.29 is 9.84 Å². The van der Waals surface area contributed by atoms with Gasteiger partial charge in [0.1, 0.15) is 0 Å². The summed E-state index contributed by atoms with van der Waals surface area (Å²) in [5.74, 6) is 0. The maximum Gasteiger partial charge on any atom is 0.0697 e. The molecule has 3 aliphatic rings. The summed E-state index contributed by atoms with van der Waals surface area (Å²) >= 11 is 0. The molecule has 0 bridgehead atoms. The predicted octanol–water partition coefficient (Wildman–Crippen LogP) is 1.54. The number of nitrogens with zero attached hydrogens (tertiary/aromatic N) is 1. The summed E-state index contributed by atoms with van der Waals surface area (Å²) in [5.41, 5.74) is 0.242. The van der Waals surface area contributed by atoms with Crippen LogP contribution in [0.5, 0.6) is 0 Å². The van der Waals surface area contributed by atoms with Crippen molar-refractivity contribution in [1.82, 2.24) is 4.90 Å². The van der Waals surface area contributed by atoms with E-state index in [9.17, 15) is 5.11 Å². The minimum absolute atomic E-state index is 0.242. The summed E-state index contributed by atoms with van der Waals surface area (Å²) in [6.45, 7) is 2.45. The van der Waals surface area contributed by atoms with E-state index in [1.807, 2.05) is 0 Å². The molecule has 2 saturated heterocycles. The van der Waals surface area contributed by atoms with Crippen LogP contribution in [0, 0.1) is 0 Å². The highest BCUT2D eigenvalue weighted by Gasteiger charge is 2.45. The number of aliphatic hydroxyl groups excluding tert-OH is 1. The molecule has 1 aliphatic carbocycles. The van der Waals surface area contributed by atoms with Gasteiger partial charge in [-0.1, -0.05) is 0 Å². The van der Waals surface area contributed by atoms with Gasteiger partial charge in [0, 0.05) is 18.7 Å². The minimum atomic E-state index is 0.242. The average Bonchev–Trinajstić information content (AvgIpc) is 2.75. The summed E-state index contributed by atoms with van der Waals surface area (Å²) in [6.07, 6.45) is 8.69. The Kier molecular flexibility index (Phi) is 2.94. The molecule has 16 heavy (non-hydrogen) atoms. The van der Waals surface area contributed by atoms with Crippen LogP contribution in [0.3, 0.4) is 0 Å². The second kappa shape index (κ2) is 4.28. The standard InChI is InChI=1S/C13H23NO2/c15-10-12-3-1-7-14(12)11-4-8-16-13(9-11)5-2-6-13/h11-12,15H,1-10H2. The summed E-state index contributed by atoms with van der Waals surface area (Å²) in [4.78, 5) is 2.56. The number of hydrogen-bond acceptors (Lipinski definition) is 3. The molecule has 0 aromatic carbocycles. The van der Waals surface area contributed by atoms with Crippen LogP contribution in [0.1, 0.15) is 44.9 Å². The Hall–Kier alpha value is -0.120. The molecule has 2 atom stereocenters. The van der Waals surface area contributed by atoms with E-state index in [1.54, 1.807) is 0 Å². The molecule has 0 radical (unpaired) electrons. The van der Waals surface area contributed by atoms with Crippen LogP contribution in [-0.2, 0) is 4.74 Å². The molecule has 2 aliphatic heterocycles. The Labute approximate surface area is 97.8 Å². The first kappa shape index (κ1) is 11.0. The number of ether oxygens (including phenoxy) is 1. The molecule has 0 aromatic rings. The van der Waals surface area contributed by atoms with Crippen molar-refractivity contribution >= 4 is 0 Å². The van der Waals surface area contributed by atoms with Gasteiger partial charge in [0.05, 0.1) is 12.2 Å². The van der Waals surface area contributed by atoms with Gasteiger partial charge < -0.3 is 9.84 Å². The summed E-state index contributed by atoms with van der Waals surface area (Å²) < 4.78 is 5.97. The van der Waals surface area contributed by atoms with Gasteiger partial charge in [0.2, 0.25) is 0 Å². The van der Waals surface area contributed by atoms with Crippen LogP contribution in [0.4, 0.5) is 0 Å². The molecule has 0 amide bonds. The van der Waals surface area contributed by atoms with E-state index in [1.165, 1.54) is 45.1 Å². The van der Waals surface area contributed by atoms with Gasteiger partial charge in [-0.25, -0.2) is 0 Å². The fourth-order valence-electron chi connectivity index (χ4n) is 3.74. The third kappa shape index (κ3) is 1.79. The second-order valence-corrected chi connectivity index (χ2v) is 5.75. The number of hydrogen-bond donors (Lipinski definition) is 1. The second-order valence-electron chi connectivity index (χ2n) is 5.75. The molecule has 1 N–H and O–H groups in total. The van der Waals surface area contributed by atoms with E-state index in [-0.39, 0.29) is 5.60 Å². The lowest BCUT2D eigenvalue weighted by atomic mass is 9.73. The van der Waals surface area contributed by atoms with Gasteiger partial charge in [0.15, 0.2) is 0 Å². The van der Waals surface area contributed by atoms with Crippen LogP contribution < -0.4 is 0 Å². The van der Waals surface area contributed by atoms with Crippen molar-refractivity contribution in [2.24, 2.45) is 0 Å². The molecule has 3 fully saturated rings. The van der Waals surface area contributed by atoms with Gasteiger partial charge >= 0.3 is 0 Å². The predicted molar refractivity (Wildman–Crippen MR) is 62.4 cm³/mol. The maximum absolute atomic E-state index is 9.40. The first-order valence-corrected chi connectivity index (χ1v) is 6.84. The third-order valence-corrected chi connectivity index (χ3v) is 4.83. The molecule has 3 nitrogen and oxygen atoms in total. The Morgan fingerprint density at radius 2 is 2.12 bits per heavy atom. The highest BCUT2D eigenvalue weighted by Crippen LogP contribution is 2.44. The van der Waals surface area contributed by atoms with Crippen molar-refractivity contribution in [3.05, 3.63) is 0 Å². The molecule has 92 valence electrons. The molecule has 0 aromatic heterocycles. The van der Waals surface area contributed by atoms with E-state index >= 15 is 0 Å².